The maximum absolute atomic E-state index is 12.8. The van der Waals surface area contributed by atoms with Gasteiger partial charge in [-0.25, -0.2) is 13.4 Å². The van der Waals surface area contributed by atoms with Gasteiger partial charge in [0.25, 0.3) is 5.91 Å². The van der Waals surface area contributed by atoms with Gasteiger partial charge in [-0.2, -0.15) is 4.31 Å². The number of anilines is 1. The van der Waals surface area contributed by atoms with Crippen molar-refractivity contribution in [3.05, 3.63) is 52.5 Å². The smallest absolute Gasteiger partial charge is 0.257 e. The Kier molecular flexibility index (Phi) is 6.04. The number of aromatic nitrogens is 1. The van der Waals surface area contributed by atoms with Gasteiger partial charge in [0.15, 0.2) is 5.13 Å². The number of hydrogen-bond acceptors (Lipinski definition) is 5. The van der Waals surface area contributed by atoms with Crippen molar-refractivity contribution < 1.29 is 13.2 Å². The molecule has 0 bridgehead atoms. The minimum atomic E-state index is -3.65. The highest BCUT2D eigenvalue weighted by atomic mass is 35.5. The number of aryl methyl sites for hydroxylation is 1. The Morgan fingerprint density at radius 3 is 2.57 bits per heavy atom. The highest BCUT2D eigenvalue weighted by Crippen LogP contribution is 2.29. The zero-order valence-corrected chi connectivity index (χ0v) is 18.1. The third kappa shape index (κ3) is 4.05. The summed E-state index contributed by atoms with van der Waals surface area (Å²) in [5.41, 5.74) is 1.71. The van der Waals surface area contributed by atoms with Crippen molar-refractivity contribution in [2.75, 3.05) is 18.4 Å². The highest BCUT2D eigenvalue weighted by molar-refractivity contribution is 7.89. The first-order valence-electron chi connectivity index (χ1n) is 8.74. The Morgan fingerprint density at radius 1 is 1.18 bits per heavy atom. The maximum Gasteiger partial charge on any atom is 0.257 e. The molecule has 28 heavy (non-hydrogen) atoms. The molecule has 3 rings (SSSR count). The van der Waals surface area contributed by atoms with E-state index in [-0.39, 0.29) is 4.90 Å². The monoisotopic (exact) mass is 437 g/mol. The van der Waals surface area contributed by atoms with Crippen LogP contribution in [0.1, 0.15) is 29.8 Å². The third-order valence-electron chi connectivity index (χ3n) is 4.37. The Morgan fingerprint density at radius 2 is 1.89 bits per heavy atom. The molecule has 0 radical (unpaired) electrons. The molecule has 9 heteroatoms. The van der Waals surface area contributed by atoms with Gasteiger partial charge in [0.2, 0.25) is 10.0 Å². The van der Waals surface area contributed by atoms with Crippen LogP contribution in [0.4, 0.5) is 5.13 Å². The van der Waals surface area contributed by atoms with Crippen molar-refractivity contribution in [2.24, 2.45) is 0 Å². The zero-order valence-electron chi connectivity index (χ0n) is 15.7. The number of nitrogens with one attached hydrogen (secondary N) is 1. The number of rotatable bonds is 6. The number of fused-ring (bicyclic) bond motifs is 1. The highest BCUT2D eigenvalue weighted by Gasteiger charge is 2.23. The number of thiazole rings is 1. The van der Waals surface area contributed by atoms with E-state index < -0.39 is 15.9 Å². The van der Waals surface area contributed by atoms with E-state index in [0.29, 0.717) is 34.4 Å². The summed E-state index contributed by atoms with van der Waals surface area (Å²) in [4.78, 5) is 17.3. The molecule has 2 aromatic carbocycles. The number of nitrogens with zero attached hydrogens (tertiary/aromatic N) is 2. The molecule has 0 fully saturated rings. The molecule has 0 saturated heterocycles. The Hall–Kier alpha value is -2.00. The molecule has 0 spiro atoms. The molecule has 0 atom stereocenters. The van der Waals surface area contributed by atoms with Crippen LogP contribution in [0.3, 0.4) is 0 Å². The largest absolute Gasteiger partial charge is 0.298 e. The van der Waals surface area contributed by atoms with Gasteiger partial charge in [-0.15, -0.1) is 0 Å². The van der Waals surface area contributed by atoms with E-state index in [0.717, 1.165) is 10.2 Å². The van der Waals surface area contributed by atoms with E-state index in [1.165, 1.54) is 27.8 Å². The number of carbonyl (C=O) groups excluding carboxylic acids is 1. The van der Waals surface area contributed by atoms with E-state index in [4.69, 9.17) is 11.6 Å². The van der Waals surface area contributed by atoms with Gasteiger partial charge in [0.05, 0.1) is 15.1 Å². The molecule has 1 N–H and O–H groups in total. The molecular weight excluding hydrogens is 418 g/mol. The lowest BCUT2D eigenvalue weighted by Gasteiger charge is -2.19. The molecule has 0 aliphatic rings. The first kappa shape index (κ1) is 20.7. The van der Waals surface area contributed by atoms with Crippen LogP contribution in [-0.4, -0.2) is 36.7 Å². The van der Waals surface area contributed by atoms with Crippen molar-refractivity contribution in [2.45, 2.75) is 25.7 Å². The molecule has 1 heterocycles. The van der Waals surface area contributed by atoms with Crippen LogP contribution in [0.15, 0.2) is 41.3 Å². The maximum atomic E-state index is 12.8. The molecule has 148 valence electrons. The van der Waals surface area contributed by atoms with Crippen LogP contribution < -0.4 is 5.32 Å². The summed E-state index contributed by atoms with van der Waals surface area (Å²) in [6.07, 6.45) is 0. The number of carbonyl (C=O) groups is 1. The summed E-state index contributed by atoms with van der Waals surface area (Å²) in [7, 11) is -3.65. The minimum Gasteiger partial charge on any atom is -0.298 e. The average Bonchev–Trinajstić information content (AvgIpc) is 3.03. The first-order valence-corrected chi connectivity index (χ1v) is 11.4. The van der Waals surface area contributed by atoms with Gasteiger partial charge in [0, 0.05) is 23.7 Å². The Balaban J connectivity index is 1.92. The third-order valence-corrected chi connectivity index (χ3v) is 7.58. The van der Waals surface area contributed by atoms with E-state index in [2.05, 4.69) is 10.3 Å². The summed E-state index contributed by atoms with van der Waals surface area (Å²) >= 11 is 7.30. The topological polar surface area (TPSA) is 79.4 Å². The number of amides is 1. The van der Waals surface area contributed by atoms with Crippen molar-refractivity contribution in [1.82, 2.24) is 9.29 Å². The van der Waals surface area contributed by atoms with Crippen molar-refractivity contribution in [3.63, 3.8) is 0 Å². The van der Waals surface area contributed by atoms with Crippen LogP contribution >= 0.6 is 22.9 Å². The quantitative estimate of drug-likeness (QED) is 0.613. The van der Waals surface area contributed by atoms with E-state index in [9.17, 15) is 13.2 Å². The molecule has 0 unspecified atom stereocenters. The second-order valence-electron chi connectivity index (χ2n) is 6.15. The van der Waals surface area contributed by atoms with Crippen molar-refractivity contribution in [3.8, 4) is 0 Å². The predicted octanol–water partition coefficient (Wildman–Crippen LogP) is 4.54. The second kappa shape index (κ2) is 8.16. The molecule has 0 aliphatic carbocycles. The minimum absolute atomic E-state index is 0.100. The fraction of sp³-hybridized carbons (Fsp3) is 0.263. The zero-order chi connectivity index (χ0) is 20.5. The van der Waals surface area contributed by atoms with Gasteiger partial charge in [0.1, 0.15) is 0 Å². The van der Waals surface area contributed by atoms with Crippen LogP contribution in [0.5, 0.6) is 0 Å². The number of hydrogen-bond donors (Lipinski definition) is 1. The van der Waals surface area contributed by atoms with E-state index >= 15 is 0 Å². The van der Waals surface area contributed by atoms with Crippen LogP contribution in [0.2, 0.25) is 5.02 Å². The summed E-state index contributed by atoms with van der Waals surface area (Å²) < 4.78 is 27.7. The van der Waals surface area contributed by atoms with Gasteiger partial charge in [-0.05, 0) is 42.8 Å². The predicted molar refractivity (Wildman–Crippen MR) is 114 cm³/mol. The van der Waals surface area contributed by atoms with E-state index in [1.807, 2.05) is 0 Å². The summed E-state index contributed by atoms with van der Waals surface area (Å²) in [6.45, 7) is 6.05. The molecule has 0 aliphatic heterocycles. The number of sulfonamides is 1. The lowest BCUT2D eigenvalue weighted by Crippen LogP contribution is -2.30. The first-order chi connectivity index (χ1) is 13.3. The van der Waals surface area contributed by atoms with Gasteiger partial charge < -0.3 is 0 Å². The fourth-order valence-electron chi connectivity index (χ4n) is 2.84. The SMILES string of the molecule is CCN(CC)S(=O)(=O)c1ccc(C)c(C(=O)Nc2nc3ccc(Cl)cc3s2)c1. The fourth-order valence-corrected chi connectivity index (χ4v) is 5.46. The van der Waals surface area contributed by atoms with E-state index in [1.54, 1.807) is 45.0 Å². The van der Waals surface area contributed by atoms with Crippen molar-refractivity contribution in [1.29, 1.82) is 0 Å². The average molecular weight is 438 g/mol. The number of benzene rings is 2. The summed E-state index contributed by atoms with van der Waals surface area (Å²) in [5, 5.41) is 3.79. The van der Waals surface area contributed by atoms with Gasteiger partial charge >= 0.3 is 0 Å². The molecule has 6 nitrogen and oxygen atoms in total. The Bertz CT molecular complexity index is 1140. The summed E-state index contributed by atoms with van der Waals surface area (Å²) in [5.74, 6) is -0.403. The normalized spacial score (nSPS) is 11.9. The second-order valence-corrected chi connectivity index (χ2v) is 9.56. The lowest BCUT2D eigenvalue weighted by molar-refractivity contribution is 0.102. The molecule has 0 saturated carbocycles. The lowest BCUT2D eigenvalue weighted by atomic mass is 10.1. The molecule has 1 amide bonds. The van der Waals surface area contributed by atoms with Crippen molar-refractivity contribution >= 4 is 54.2 Å². The van der Waals surface area contributed by atoms with Crippen LogP contribution in [0, 0.1) is 6.92 Å². The molecule has 1 aromatic heterocycles. The van der Waals surface area contributed by atoms with Gasteiger partial charge in [-0.3, -0.25) is 10.1 Å². The van der Waals surface area contributed by atoms with Gasteiger partial charge in [-0.1, -0.05) is 42.9 Å². The summed E-state index contributed by atoms with van der Waals surface area (Å²) in [6, 6.07) is 9.89. The standard InChI is InChI=1S/C19H20ClN3O3S2/c1-4-23(5-2)28(25,26)14-8-6-12(3)15(11-14)18(24)22-19-21-16-9-7-13(20)10-17(16)27-19/h6-11H,4-5H2,1-3H3,(H,21,22,24). The number of halogens is 1. The van der Waals surface area contributed by atoms with Crippen LogP contribution in [-0.2, 0) is 10.0 Å². The Labute approximate surface area is 173 Å². The molecule has 3 aromatic rings. The van der Waals surface area contributed by atoms with Crippen LogP contribution in [0.25, 0.3) is 10.2 Å². The molecular formula is C19H20ClN3O3S2.